The van der Waals surface area contributed by atoms with Gasteiger partial charge < -0.3 is 9.47 Å². The first-order chi connectivity index (χ1) is 14.7. The molecule has 2 atom stereocenters. The molecular weight excluding hydrogens is 427 g/mol. The number of amides is 2. The summed E-state index contributed by atoms with van der Waals surface area (Å²) in [7, 11) is -3.76. The maximum atomic E-state index is 13.9. The molecule has 0 radical (unpaired) electrons. The van der Waals surface area contributed by atoms with Gasteiger partial charge in [0, 0.05) is 17.9 Å². The van der Waals surface area contributed by atoms with E-state index in [0.717, 1.165) is 18.2 Å². The van der Waals surface area contributed by atoms with E-state index in [4.69, 9.17) is 9.47 Å². The molecule has 1 heterocycles. The summed E-state index contributed by atoms with van der Waals surface area (Å²) in [6.45, 7) is 2.22. The van der Waals surface area contributed by atoms with Gasteiger partial charge in [-0.15, -0.1) is 0 Å². The SMILES string of the molecule is C[C@@H](NS(=O)(=O)/C=C/COCC1CCC(=O)NC1=O)c1ccc(F)c(OCC2CC2)c1. The van der Waals surface area contributed by atoms with E-state index in [0.29, 0.717) is 24.5 Å². The van der Waals surface area contributed by atoms with Crippen molar-refractivity contribution in [3.8, 4) is 5.75 Å². The van der Waals surface area contributed by atoms with Crippen LogP contribution in [0.5, 0.6) is 5.75 Å². The highest BCUT2D eigenvalue weighted by Gasteiger charge is 2.26. The average molecular weight is 455 g/mol. The minimum Gasteiger partial charge on any atom is -0.490 e. The lowest BCUT2D eigenvalue weighted by molar-refractivity contribution is -0.137. The van der Waals surface area contributed by atoms with Gasteiger partial charge in [0.15, 0.2) is 11.6 Å². The Kier molecular flexibility index (Phi) is 7.79. The molecule has 1 aromatic rings. The Bertz CT molecular complexity index is 945. The summed E-state index contributed by atoms with van der Waals surface area (Å²) in [6, 6.07) is 3.70. The van der Waals surface area contributed by atoms with Gasteiger partial charge in [-0.25, -0.2) is 17.5 Å². The summed E-state index contributed by atoms with van der Waals surface area (Å²) in [5, 5.41) is 3.23. The third-order valence-corrected chi connectivity index (χ3v) is 6.36. The number of piperidine rings is 1. The molecule has 0 spiro atoms. The minimum absolute atomic E-state index is 0.00270. The number of nitrogens with one attached hydrogen (secondary N) is 2. The van der Waals surface area contributed by atoms with E-state index in [2.05, 4.69) is 10.0 Å². The zero-order valence-corrected chi connectivity index (χ0v) is 18.1. The predicted molar refractivity (Wildman–Crippen MR) is 111 cm³/mol. The highest BCUT2D eigenvalue weighted by molar-refractivity contribution is 7.92. The number of carbonyl (C=O) groups excluding carboxylic acids is 2. The molecule has 2 amide bonds. The normalized spacial score (nSPS) is 20.6. The van der Waals surface area contributed by atoms with E-state index in [-0.39, 0.29) is 37.2 Å². The van der Waals surface area contributed by atoms with Crippen LogP contribution in [-0.2, 0) is 24.3 Å². The number of hydrogen-bond donors (Lipinski definition) is 2. The number of ether oxygens (including phenoxy) is 2. The summed E-state index contributed by atoms with van der Waals surface area (Å²) < 4.78 is 51.8. The van der Waals surface area contributed by atoms with Crippen LogP contribution in [0, 0.1) is 17.7 Å². The number of rotatable bonds is 11. The highest BCUT2D eigenvalue weighted by Crippen LogP contribution is 2.31. The third kappa shape index (κ3) is 7.41. The molecular formula is C21H27FN2O6S. The molecule has 1 aromatic carbocycles. The van der Waals surface area contributed by atoms with Gasteiger partial charge in [-0.3, -0.25) is 14.9 Å². The molecule has 1 saturated heterocycles. The Hall–Kier alpha value is -2.30. The molecule has 0 aromatic heterocycles. The summed E-state index contributed by atoms with van der Waals surface area (Å²) in [6.07, 6.45) is 4.18. The number of benzene rings is 1. The molecule has 0 bridgehead atoms. The number of sulfonamides is 1. The van der Waals surface area contributed by atoms with Crippen molar-refractivity contribution in [3.63, 3.8) is 0 Å². The second-order valence-electron chi connectivity index (χ2n) is 7.89. The van der Waals surface area contributed by atoms with Crippen molar-refractivity contribution in [1.82, 2.24) is 10.0 Å². The summed E-state index contributed by atoms with van der Waals surface area (Å²) >= 11 is 0. The quantitative estimate of drug-likeness (QED) is 0.392. The van der Waals surface area contributed by atoms with Crippen LogP contribution in [-0.4, -0.2) is 40.1 Å². The predicted octanol–water partition coefficient (Wildman–Crippen LogP) is 2.18. The van der Waals surface area contributed by atoms with Crippen molar-refractivity contribution < 1.29 is 31.9 Å². The third-order valence-electron chi connectivity index (χ3n) is 5.13. The van der Waals surface area contributed by atoms with Crippen molar-refractivity contribution in [1.29, 1.82) is 0 Å². The van der Waals surface area contributed by atoms with Crippen LogP contribution in [0.4, 0.5) is 4.39 Å². The second kappa shape index (κ2) is 10.3. The van der Waals surface area contributed by atoms with Crippen LogP contribution in [0.1, 0.15) is 44.2 Å². The molecule has 1 aliphatic carbocycles. The van der Waals surface area contributed by atoms with Gasteiger partial charge in [-0.2, -0.15) is 0 Å². The maximum Gasteiger partial charge on any atom is 0.234 e. The molecule has 8 nitrogen and oxygen atoms in total. The zero-order valence-electron chi connectivity index (χ0n) is 17.3. The van der Waals surface area contributed by atoms with E-state index < -0.39 is 27.8 Å². The molecule has 1 unspecified atom stereocenters. The largest absolute Gasteiger partial charge is 0.490 e. The molecule has 31 heavy (non-hydrogen) atoms. The Morgan fingerprint density at radius 2 is 2.03 bits per heavy atom. The zero-order chi connectivity index (χ0) is 22.4. The molecule has 1 saturated carbocycles. The molecule has 3 rings (SSSR count). The van der Waals surface area contributed by atoms with Gasteiger partial charge in [0.2, 0.25) is 21.8 Å². The Balaban J connectivity index is 1.46. The van der Waals surface area contributed by atoms with Crippen LogP contribution in [0.3, 0.4) is 0 Å². The Morgan fingerprint density at radius 1 is 1.26 bits per heavy atom. The first-order valence-corrected chi connectivity index (χ1v) is 11.8. The van der Waals surface area contributed by atoms with Crippen LogP contribution in [0.15, 0.2) is 29.7 Å². The Labute approximate surface area is 181 Å². The lowest BCUT2D eigenvalue weighted by Crippen LogP contribution is -2.42. The standard InChI is InChI=1S/C21H27FN2O6S/c1-14(16-5-7-18(22)19(11-16)30-12-15-3-4-15)24-31(27,28)10-2-9-29-13-17-6-8-20(25)23-21(17)26/h2,5,7,10-11,14-15,17,24H,3-4,6,8-9,12-13H2,1H3,(H,23,25,26)/b10-2+/t14-,17?/m1/s1. The molecule has 2 aliphatic rings. The van der Waals surface area contributed by atoms with E-state index in [1.54, 1.807) is 6.92 Å². The van der Waals surface area contributed by atoms with Gasteiger partial charge in [-0.05, 0) is 55.9 Å². The fourth-order valence-corrected chi connectivity index (χ4v) is 4.13. The lowest BCUT2D eigenvalue weighted by atomic mass is 9.99. The first-order valence-electron chi connectivity index (χ1n) is 10.3. The van der Waals surface area contributed by atoms with Crippen LogP contribution >= 0.6 is 0 Å². The maximum absolute atomic E-state index is 13.9. The topological polar surface area (TPSA) is 111 Å². The van der Waals surface area contributed by atoms with Crippen molar-refractivity contribution in [2.45, 2.75) is 38.6 Å². The minimum atomic E-state index is -3.76. The van der Waals surface area contributed by atoms with E-state index in [1.165, 1.54) is 24.3 Å². The van der Waals surface area contributed by atoms with Gasteiger partial charge in [0.1, 0.15) is 0 Å². The number of halogens is 1. The van der Waals surface area contributed by atoms with Gasteiger partial charge in [0.25, 0.3) is 0 Å². The molecule has 170 valence electrons. The first kappa shape index (κ1) is 23.4. The fourth-order valence-electron chi connectivity index (χ4n) is 3.09. The number of imide groups is 1. The van der Waals surface area contributed by atoms with E-state index >= 15 is 0 Å². The van der Waals surface area contributed by atoms with Crippen LogP contribution in [0.2, 0.25) is 0 Å². The van der Waals surface area contributed by atoms with Crippen molar-refractivity contribution in [3.05, 3.63) is 41.1 Å². The Morgan fingerprint density at radius 3 is 2.74 bits per heavy atom. The fraction of sp³-hybridized carbons (Fsp3) is 0.524. The van der Waals surface area contributed by atoms with Crippen molar-refractivity contribution in [2.24, 2.45) is 11.8 Å². The molecule has 2 fully saturated rings. The smallest absolute Gasteiger partial charge is 0.234 e. The van der Waals surface area contributed by atoms with Crippen molar-refractivity contribution >= 4 is 21.8 Å². The number of hydrogen-bond acceptors (Lipinski definition) is 6. The molecule has 2 N–H and O–H groups in total. The lowest BCUT2D eigenvalue weighted by Gasteiger charge is -2.20. The van der Waals surface area contributed by atoms with Crippen LogP contribution < -0.4 is 14.8 Å². The van der Waals surface area contributed by atoms with Crippen LogP contribution in [0.25, 0.3) is 0 Å². The molecule has 1 aliphatic heterocycles. The van der Waals surface area contributed by atoms with E-state index in [9.17, 15) is 22.4 Å². The summed E-state index contributed by atoms with van der Waals surface area (Å²) in [5.74, 6) is -0.976. The van der Waals surface area contributed by atoms with Gasteiger partial charge in [0.05, 0.1) is 25.7 Å². The van der Waals surface area contributed by atoms with Gasteiger partial charge in [-0.1, -0.05) is 6.07 Å². The van der Waals surface area contributed by atoms with Crippen molar-refractivity contribution in [2.75, 3.05) is 19.8 Å². The highest BCUT2D eigenvalue weighted by atomic mass is 32.2. The van der Waals surface area contributed by atoms with Gasteiger partial charge >= 0.3 is 0 Å². The second-order valence-corrected chi connectivity index (χ2v) is 9.48. The molecule has 10 heteroatoms. The summed E-state index contributed by atoms with van der Waals surface area (Å²) in [5.41, 5.74) is 0.582. The average Bonchev–Trinajstić information content (AvgIpc) is 3.52. The monoisotopic (exact) mass is 454 g/mol. The number of carbonyl (C=O) groups is 2. The van der Waals surface area contributed by atoms with E-state index in [1.807, 2.05) is 0 Å². The summed E-state index contributed by atoms with van der Waals surface area (Å²) in [4.78, 5) is 22.7.